The maximum absolute atomic E-state index is 13.0. The maximum atomic E-state index is 13.0. The van der Waals surface area contributed by atoms with Crippen molar-refractivity contribution in [1.29, 1.82) is 0 Å². The second-order valence-electron chi connectivity index (χ2n) is 12.4. The highest BCUT2D eigenvalue weighted by molar-refractivity contribution is 7.91. The third-order valence-electron chi connectivity index (χ3n) is 7.12. The molecule has 5 rings (SSSR count). The van der Waals surface area contributed by atoms with Gasteiger partial charge in [-0.3, -0.25) is 4.68 Å². The first-order valence-corrected chi connectivity index (χ1v) is 17.2. The van der Waals surface area contributed by atoms with Crippen molar-refractivity contribution in [1.82, 2.24) is 19.7 Å². The van der Waals surface area contributed by atoms with Crippen LogP contribution in [-0.2, 0) is 16.9 Å². The summed E-state index contributed by atoms with van der Waals surface area (Å²) >= 11 is 6.43. The van der Waals surface area contributed by atoms with Gasteiger partial charge in [0.05, 0.1) is 29.4 Å². The number of hydrogen-bond donors (Lipinski definition) is 3. The molecule has 3 aromatic rings. The third kappa shape index (κ3) is 9.30. The minimum absolute atomic E-state index is 0.0109. The van der Waals surface area contributed by atoms with E-state index in [1.54, 1.807) is 13.2 Å². The van der Waals surface area contributed by atoms with E-state index >= 15 is 0 Å². The molecule has 0 unspecified atom stereocenters. The molecule has 0 saturated heterocycles. The summed E-state index contributed by atoms with van der Waals surface area (Å²) in [6.07, 6.45) is 11.8. The number of aryl methyl sites for hydroxylation is 2. The zero-order valence-electron chi connectivity index (χ0n) is 26.2. The van der Waals surface area contributed by atoms with Crippen LogP contribution >= 0.6 is 11.6 Å². The van der Waals surface area contributed by atoms with Crippen LogP contribution in [0.5, 0.6) is 5.75 Å². The van der Waals surface area contributed by atoms with Gasteiger partial charge in [-0.2, -0.15) is 10.1 Å². The van der Waals surface area contributed by atoms with Gasteiger partial charge in [0, 0.05) is 13.2 Å². The molecule has 0 amide bonds. The van der Waals surface area contributed by atoms with Crippen molar-refractivity contribution in [3.8, 4) is 5.75 Å². The van der Waals surface area contributed by atoms with Gasteiger partial charge in [0.15, 0.2) is 15.7 Å². The van der Waals surface area contributed by atoms with Crippen molar-refractivity contribution >= 4 is 44.6 Å². The highest BCUT2D eigenvalue weighted by Crippen LogP contribution is 2.41. The summed E-state index contributed by atoms with van der Waals surface area (Å²) in [5.41, 5.74) is 8.81. The van der Waals surface area contributed by atoms with Crippen LogP contribution in [0, 0.1) is 12.8 Å². The minimum Gasteiger partial charge on any atom is -0.488 e. The SMILES string of the molecule is CC(C)N.Cc1cc(Nc2ncc(Cl)c(Nc3cn(C)nc3S(=O)(=O)CC(C)C)n2)c(OC2CC2)cc1C1CCCCC1. The molecule has 2 fully saturated rings. The highest BCUT2D eigenvalue weighted by Gasteiger charge is 2.28. The zero-order valence-corrected chi connectivity index (χ0v) is 27.7. The fourth-order valence-electron chi connectivity index (χ4n) is 5.18. The van der Waals surface area contributed by atoms with E-state index in [9.17, 15) is 8.42 Å². The number of rotatable bonds is 10. The van der Waals surface area contributed by atoms with Crippen molar-refractivity contribution in [3.05, 3.63) is 40.7 Å². The van der Waals surface area contributed by atoms with Crippen molar-refractivity contribution in [2.24, 2.45) is 18.7 Å². The lowest BCUT2D eigenvalue weighted by atomic mass is 9.82. The minimum atomic E-state index is -3.60. The predicted molar refractivity (Wildman–Crippen MR) is 174 cm³/mol. The first-order valence-electron chi connectivity index (χ1n) is 15.2. The first-order chi connectivity index (χ1) is 20.3. The lowest BCUT2D eigenvalue weighted by Gasteiger charge is -2.25. The Morgan fingerprint density at radius 1 is 1.07 bits per heavy atom. The Bertz CT molecular complexity index is 1490. The summed E-state index contributed by atoms with van der Waals surface area (Å²) in [7, 11) is -1.93. The summed E-state index contributed by atoms with van der Waals surface area (Å²) in [6, 6.07) is 4.65. The van der Waals surface area contributed by atoms with Crippen molar-refractivity contribution < 1.29 is 13.2 Å². The molecule has 2 saturated carbocycles. The second-order valence-corrected chi connectivity index (χ2v) is 14.8. The molecule has 2 aliphatic carbocycles. The molecule has 4 N–H and O–H groups in total. The molecule has 43 heavy (non-hydrogen) atoms. The van der Waals surface area contributed by atoms with Crippen LogP contribution in [0.1, 0.15) is 89.7 Å². The average Bonchev–Trinajstić information content (AvgIpc) is 3.66. The Kier molecular flexibility index (Phi) is 10.9. The lowest BCUT2D eigenvalue weighted by Crippen LogP contribution is -2.14. The molecule has 2 aromatic heterocycles. The molecule has 2 aliphatic rings. The Hall–Kier alpha value is -2.89. The molecule has 1 aromatic carbocycles. The summed E-state index contributed by atoms with van der Waals surface area (Å²) < 4.78 is 33.7. The van der Waals surface area contributed by atoms with E-state index in [0.29, 0.717) is 23.6 Å². The number of nitrogens with zero attached hydrogens (tertiary/aromatic N) is 4. The number of hydrogen-bond acceptors (Lipinski definition) is 9. The molecule has 0 spiro atoms. The molecule has 2 heterocycles. The average molecular weight is 632 g/mol. The fraction of sp³-hybridized carbons (Fsp3) is 0.581. The van der Waals surface area contributed by atoms with Crippen LogP contribution in [0.3, 0.4) is 0 Å². The van der Waals surface area contributed by atoms with E-state index in [4.69, 9.17) is 22.1 Å². The van der Waals surface area contributed by atoms with Gasteiger partial charge >= 0.3 is 0 Å². The lowest BCUT2D eigenvalue weighted by molar-refractivity contribution is 0.304. The number of halogens is 1. The van der Waals surface area contributed by atoms with Gasteiger partial charge in [0.25, 0.3) is 0 Å². The predicted octanol–water partition coefficient (Wildman–Crippen LogP) is 7.03. The van der Waals surface area contributed by atoms with Gasteiger partial charge < -0.3 is 21.1 Å². The smallest absolute Gasteiger partial charge is 0.229 e. The summed E-state index contributed by atoms with van der Waals surface area (Å²) in [4.78, 5) is 8.96. The van der Waals surface area contributed by atoms with Gasteiger partial charge in [-0.15, -0.1) is 0 Å². The number of nitrogens with one attached hydrogen (secondary N) is 2. The van der Waals surface area contributed by atoms with Gasteiger partial charge in [-0.25, -0.2) is 13.4 Å². The Labute approximate surface area is 261 Å². The number of sulfone groups is 1. The van der Waals surface area contributed by atoms with E-state index in [0.717, 1.165) is 24.3 Å². The Balaban J connectivity index is 0.000000996. The van der Waals surface area contributed by atoms with E-state index in [1.807, 2.05) is 27.7 Å². The maximum Gasteiger partial charge on any atom is 0.229 e. The number of anilines is 4. The van der Waals surface area contributed by atoms with Crippen LogP contribution in [-0.4, -0.2) is 46.1 Å². The molecule has 12 heteroatoms. The van der Waals surface area contributed by atoms with Crippen LogP contribution in [0.4, 0.5) is 23.1 Å². The molecule has 0 aliphatic heterocycles. The molecule has 0 atom stereocenters. The largest absolute Gasteiger partial charge is 0.488 e. The van der Waals surface area contributed by atoms with Gasteiger partial charge in [0.1, 0.15) is 10.8 Å². The van der Waals surface area contributed by atoms with Crippen molar-refractivity contribution in [2.45, 2.75) is 103 Å². The standard InChI is InChI=1S/C28H37ClN6O3S.C3H9N/c1-17(2)16-39(36,37)27-24(15-35(4)34-27)31-26-22(29)14-30-28(33-26)32-23-12-18(3)21(19-8-6-5-7-9-19)13-25(23)38-20-10-11-20;1-3(2)4/h12-15,17,19-20H,5-11,16H2,1-4H3,(H2,30,31,32,33);3H,4H2,1-2H3. The van der Waals surface area contributed by atoms with Crippen LogP contribution in [0.2, 0.25) is 5.02 Å². The normalized spacial score (nSPS) is 15.8. The highest BCUT2D eigenvalue weighted by atomic mass is 35.5. The van der Waals surface area contributed by atoms with Crippen LogP contribution < -0.4 is 21.1 Å². The Morgan fingerprint density at radius 2 is 1.74 bits per heavy atom. The molecule has 236 valence electrons. The van der Waals surface area contributed by atoms with Gasteiger partial charge in [0.2, 0.25) is 11.0 Å². The summed E-state index contributed by atoms with van der Waals surface area (Å²) in [5, 5.41) is 10.8. The molecule has 10 nitrogen and oxygen atoms in total. The topological polar surface area (TPSA) is 137 Å². The van der Waals surface area contributed by atoms with Gasteiger partial charge in [-0.05, 0) is 73.7 Å². The summed E-state index contributed by atoms with van der Waals surface area (Å²) in [6.45, 7) is 9.75. The van der Waals surface area contributed by atoms with E-state index < -0.39 is 9.84 Å². The summed E-state index contributed by atoms with van der Waals surface area (Å²) in [5.74, 6) is 1.93. The van der Waals surface area contributed by atoms with Crippen molar-refractivity contribution in [2.75, 3.05) is 16.4 Å². The molecule has 0 radical (unpaired) electrons. The van der Waals surface area contributed by atoms with Crippen molar-refractivity contribution in [3.63, 3.8) is 0 Å². The zero-order chi connectivity index (χ0) is 31.3. The van der Waals surface area contributed by atoms with Crippen LogP contribution in [0.25, 0.3) is 0 Å². The second kappa shape index (κ2) is 14.3. The number of benzene rings is 1. The van der Waals surface area contributed by atoms with E-state index in [-0.39, 0.29) is 33.6 Å². The Morgan fingerprint density at radius 3 is 2.37 bits per heavy atom. The molecular formula is C31H46ClN7O3S. The number of aromatic nitrogens is 4. The monoisotopic (exact) mass is 631 g/mol. The number of ether oxygens (including phenoxy) is 1. The van der Waals surface area contributed by atoms with Gasteiger partial charge in [-0.1, -0.05) is 58.6 Å². The quantitative estimate of drug-likeness (QED) is 0.215. The van der Waals surface area contributed by atoms with Crippen LogP contribution in [0.15, 0.2) is 29.6 Å². The van der Waals surface area contributed by atoms with E-state index in [2.05, 4.69) is 44.8 Å². The third-order valence-corrected chi connectivity index (χ3v) is 9.39. The van der Waals surface area contributed by atoms with E-state index in [1.165, 1.54) is 54.1 Å². The molecular weight excluding hydrogens is 586 g/mol. The molecule has 0 bridgehead atoms. The number of nitrogens with two attached hydrogens (primary N) is 1. The first kappa shape index (κ1) is 33.0. The fourth-order valence-corrected chi connectivity index (χ4v) is 7.05.